The molecule has 1 aromatic carbocycles. The molecule has 1 aliphatic rings. The molecule has 0 spiro atoms. The number of anilines is 2. The fourth-order valence-electron chi connectivity index (χ4n) is 4.17. The molecule has 0 unspecified atom stereocenters. The molecule has 1 aliphatic carbocycles. The predicted molar refractivity (Wildman–Crippen MR) is 127 cm³/mol. The van der Waals surface area contributed by atoms with E-state index >= 15 is 0 Å². The van der Waals surface area contributed by atoms with Crippen LogP contribution in [0.15, 0.2) is 30.3 Å². The standard InChI is InChI=1S/C25H39N5/c1-5-6-7-8-20-9-11-21(12-10-20)18-26-22-13-15-23(16-14-22)29-24-17-25(30(3)4)28-19(2)27-24/h9-12,17,22-23,26H,5-8,13-16,18H2,1-4H3,(H,27,28,29). The van der Waals surface area contributed by atoms with E-state index in [0.29, 0.717) is 12.1 Å². The normalized spacial score (nSPS) is 18.9. The van der Waals surface area contributed by atoms with Crippen LogP contribution >= 0.6 is 0 Å². The lowest BCUT2D eigenvalue weighted by Gasteiger charge is -2.30. The van der Waals surface area contributed by atoms with Crippen molar-refractivity contribution >= 4 is 11.6 Å². The SMILES string of the molecule is CCCCCc1ccc(CNC2CCC(Nc3cc(N(C)C)nc(C)n3)CC2)cc1. The number of hydrogen-bond donors (Lipinski definition) is 2. The second-order valence-corrected chi connectivity index (χ2v) is 8.90. The van der Waals surface area contributed by atoms with Gasteiger partial charge in [0, 0.05) is 38.8 Å². The van der Waals surface area contributed by atoms with Crippen molar-refractivity contribution in [2.45, 2.75) is 83.8 Å². The molecule has 1 aromatic heterocycles. The van der Waals surface area contributed by atoms with Crippen LogP contribution in [0.1, 0.15) is 68.8 Å². The van der Waals surface area contributed by atoms with Gasteiger partial charge in [0.15, 0.2) is 0 Å². The van der Waals surface area contributed by atoms with Crippen LogP contribution in [0.2, 0.25) is 0 Å². The fourth-order valence-corrected chi connectivity index (χ4v) is 4.17. The van der Waals surface area contributed by atoms with Gasteiger partial charge in [-0.15, -0.1) is 0 Å². The van der Waals surface area contributed by atoms with Gasteiger partial charge in [-0.05, 0) is 56.6 Å². The maximum absolute atomic E-state index is 4.57. The lowest BCUT2D eigenvalue weighted by Crippen LogP contribution is -2.36. The number of nitrogens with one attached hydrogen (secondary N) is 2. The van der Waals surface area contributed by atoms with Crippen molar-refractivity contribution in [3.8, 4) is 0 Å². The topological polar surface area (TPSA) is 53.1 Å². The summed E-state index contributed by atoms with van der Waals surface area (Å²) in [6, 6.07) is 12.3. The molecule has 0 saturated heterocycles. The summed E-state index contributed by atoms with van der Waals surface area (Å²) in [6.07, 6.45) is 9.89. The number of aromatic nitrogens is 2. The highest BCUT2D eigenvalue weighted by Crippen LogP contribution is 2.23. The van der Waals surface area contributed by atoms with Crippen LogP contribution in [0.3, 0.4) is 0 Å². The zero-order valence-corrected chi connectivity index (χ0v) is 19.2. The van der Waals surface area contributed by atoms with Crippen LogP contribution in [-0.2, 0) is 13.0 Å². The molecular formula is C25H39N5. The zero-order chi connectivity index (χ0) is 21.3. The molecule has 164 valence electrons. The van der Waals surface area contributed by atoms with E-state index < -0.39 is 0 Å². The number of aryl methyl sites for hydroxylation is 2. The van der Waals surface area contributed by atoms with E-state index in [1.807, 2.05) is 32.0 Å². The van der Waals surface area contributed by atoms with Gasteiger partial charge in [0.1, 0.15) is 17.5 Å². The minimum absolute atomic E-state index is 0.495. The third-order valence-corrected chi connectivity index (χ3v) is 6.05. The monoisotopic (exact) mass is 409 g/mol. The minimum atomic E-state index is 0.495. The average molecular weight is 410 g/mol. The predicted octanol–water partition coefficient (Wildman–Crippen LogP) is 5.10. The Morgan fingerprint density at radius 3 is 2.27 bits per heavy atom. The minimum Gasteiger partial charge on any atom is -0.367 e. The molecule has 30 heavy (non-hydrogen) atoms. The van der Waals surface area contributed by atoms with Gasteiger partial charge in [-0.3, -0.25) is 0 Å². The molecule has 2 aromatic rings. The molecule has 0 atom stereocenters. The van der Waals surface area contributed by atoms with E-state index in [9.17, 15) is 0 Å². The Kier molecular flexibility index (Phi) is 8.50. The van der Waals surface area contributed by atoms with Gasteiger partial charge in [0.2, 0.25) is 0 Å². The van der Waals surface area contributed by atoms with Gasteiger partial charge in [-0.2, -0.15) is 0 Å². The van der Waals surface area contributed by atoms with Crippen LogP contribution in [0.25, 0.3) is 0 Å². The van der Waals surface area contributed by atoms with Gasteiger partial charge >= 0.3 is 0 Å². The largest absolute Gasteiger partial charge is 0.367 e. The van der Waals surface area contributed by atoms with Crippen molar-refractivity contribution < 1.29 is 0 Å². The van der Waals surface area contributed by atoms with E-state index in [-0.39, 0.29) is 0 Å². The summed E-state index contributed by atoms with van der Waals surface area (Å²) in [4.78, 5) is 11.1. The Bertz CT molecular complexity index is 764. The second-order valence-electron chi connectivity index (χ2n) is 8.90. The van der Waals surface area contributed by atoms with E-state index in [0.717, 1.165) is 24.0 Å². The van der Waals surface area contributed by atoms with Crippen molar-refractivity contribution in [3.63, 3.8) is 0 Å². The maximum atomic E-state index is 4.57. The molecule has 0 aliphatic heterocycles. The smallest absolute Gasteiger partial charge is 0.133 e. The van der Waals surface area contributed by atoms with Gasteiger partial charge in [-0.1, -0.05) is 44.0 Å². The first-order chi connectivity index (χ1) is 14.5. The first-order valence-electron chi connectivity index (χ1n) is 11.6. The number of benzene rings is 1. The Hall–Kier alpha value is -2.14. The van der Waals surface area contributed by atoms with E-state index in [4.69, 9.17) is 0 Å². The first-order valence-corrected chi connectivity index (χ1v) is 11.6. The van der Waals surface area contributed by atoms with Crippen LogP contribution < -0.4 is 15.5 Å². The average Bonchev–Trinajstić information content (AvgIpc) is 2.74. The van der Waals surface area contributed by atoms with E-state index in [2.05, 4.69) is 51.8 Å². The molecule has 5 nitrogen and oxygen atoms in total. The fraction of sp³-hybridized carbons (Fsp3) is 0.600. The van der Waals surface area contributed by atoms with Crippen molar-refractivity contribution in [2.24, 2.45) is 0 Å². The summed E-state index contributed by atoms with van der Waals surface area (Å²) in [5.74, 6) is 2.72. The lowest BCUT2D eigenvalue weighted by atomic mass is 9.91. The molecule has 1 fully saturated rings. The number of nitrogens with zero attached hydrogens (tertiary/aromatic N) is 3. The molecule has 1 heterocycles. The Labute approximate surface area is 182 Å². The first kappa shape index (κ1) is 22.5. The highest BCUT2D eigenvalue weighted by Gasteiger charge is 2.21. The van der Waals surface area contributed by atoms with Crippen molar-refractivity contribution in [1.29, 1.82) is 0 Å². The van der Waals surface area contributed by atoms with Crippen molar-refractivity contribution in [1.82, 2.24) is 15.3 Å². The van der Waals surface area contributed by atoms with Gasteiger partial charge in [0.05, 0.1) is 0 Å². The summed E-state index contributed by atoms with van der Waals surface area (Å²) in [6.45, 7) is 5.18. The summed E-state index contributed by atoms with van der Waals surface area (Å²) in [7, 11) is 4.03. The lowest BCUT2D eigenvalue weighted by molar-refractivity contribution is 0.352. The highest BCUT2D eigenvalue weighted by molar-refractivity contribution is 5.49. The van der Waals surface area contributed by atoms with E-state index in [1.54, 1.807) is 0 Å². The summed E-state index contributed by atoms with van der Waals surface area (Å²) in [5, 5.41) is 7.40. The molecule has 2 N–H and O–H groups in total. The maximum Gasteiger partial charge on any atom is 0.133 e. The van der Waals surface area contributed by atoms with Gasteiger partial charge < -0.3 is 15.5 Å². The molecule has 3 rings (SSSR count). The van der Waals surface area contributed by atoms with Crippen LogP contribution in [0.4, 0.5) is 11.6 Å². The molecule has 0 radical (unpaired) electrons. The Morgan fingerprint density at radius 2 is 1.60 bits per heavy atom. The van der Waals surface area contributed by atoms with Crippen LogP contribution in [0.5, 0.6) is 0 Å². The van der Waals surface area contributed by atoms with Crippen molar-refractivity contribution in [2.75, 3.05) is 24.3 Å². The Balaban J connectivity index is 1.40. The molecule has 1 saturated carbocycles. The van der Waals surface area contributed by atoms with Crippen molar-refractivity contribution in [3.05, 3.63) is 47.3 Å². The number of unbranched alkanes of at least 4 members (excludes halogenated alkanes) is 2. The van der Waals surface area contributed by atoms with Crippen LogP contribution in [0, 0.1) is 6.92 Å². The summed E-state index contributed by atoms with van der Waals surface area (Å²) < 4.78 is 0. The molecule has 0 bridgehead atoms. The summed E-state index contributed by atoms with van der Waals surface area (Å²) >= 11 is 0. The van der Waals surface area contributed by atoms with Gasteiger partial charge in [0.25, 0.3) is 0 Å². The highest BCUT2D eigenvalue weighted by atomic mass is 15.2. The third-order valence-electron chi connectivity index (χ3n) is 6.05. The van der Waals surface area contributed by atoms with E-state index in [1.165, 1.54) is 62.5 Å². The van der Waals surface area contributed by atoms with Crippen LogP contribution in [-0.4, -0.2) is 36.1 Å². The molecule has 0 amide bonds. The molecular weight excluding hydrogens is 370 g/mol. The number of rotatable bonds is 10. The molecule has 5 heteroatoms. The summed E-state index contributed by atoms with van der Waals surface area (Å²) in [5.41, 5.74) is 2.86. The van der Waals surface area contributed by atoms with Gasteiger partial charge in [-0.25, -0.2) is 9.97 Å². The quantitative estimate of drug-likeness (QED) is 0.535. The third kappa shape index (κ3) is 6.98. The Morgan fingerprint density at radius 1 is 0.933 bits per heavy atom. The second kappa shape index (κ2) is 11.3. The number of hydrogen-bond acceptors (Lipinski definition) is 5. The zero-order valence-electron chi connectivity index (χ0n) is 19.2.